The lowest BCUT2D eigenvalue weighted by Crippen LogP contribution is -2.36. The fraction of sp³-hybridized carbons (Fsp3) is 0.833. The summed E-state index contributed by atoms with van der Waals surface area (Å²) in [4.78, 5) is 0. The maximum atomic E-state index is 2.36. The van der Waals surface area contributed by atoms with Crippen LogP contribution in [0.4, 0.5) is 0 Å². The van der Waals surface area contributed by atoms with Gasteiger partial charge in [0.05, 0.1) is 13.6 Å². The van der Waals surface area contributed by atoms with Gasteiger partial charge in [0.2, 0.25) is 6.33 Å². The van der Waals surface area contributed by atoms with Crippen LogP contribution in [0.2, 0.25) is 0 Å². The van der Waals surface area contributed by atoms with E-state index in [2.05, 4.69) is 56.4 Å². The van der Waals surface area contributed by atoms with Gasteiger partial charge in [-0.1, -0.05) is 66.2 Å². The maximum Gasteiger partial charge on any atom is 0.243 e. The van der Waals surface area contributed by atoms with Crippen molar-refractivity contribution in [2.75, 3.05) is 0 Å². The summed E-state index contributed by atoms with van der Waals surface area (Å²) in [6.45, 7) is 10.3. The summed E-state index contributed by atoms with van der Waals surface area (Å²) in [6, 6.07) is 0. The van der Waals surface area contributed by atoms with Crippen LogP contribution in [0, 0.1) is 0 Å². The van der Waals surface area contributed by atoms with Crippen molar-refractivity contribution in [3.05, 3.63) is 18.2 Å². The van der Waals surface area contributed by atoms with E-state index in [9.17, 15) is 0 Å². The average Bonchev–Trinajstić information content (AvgIpc) is 2.74. The quantitative estimate of drug-likeness (QED) is 0.455. The van der Waals surface area contributed by atoms with Crippen LogP contribution in [0.3, 0.4) is 0 Å². The van der Waals surface area contributed by atoms with Gasteiger partial charge in [-0.05, 0) is 12.8 Å². The molecule has 0 unspecified atom stereocenters. The summed E-state index contributed by atoms with van der Waals surface area (Å²) in [7, 11) is 2.16. The molecule has 0 aliphatic rings. The zero-order valence-electron chi connectivity index (χ0n) is 14.4. The molecule has 0 aromatic carbocycles. The number of unbranched alkanes of at least 4 members (excludes halogenated alkanes) is 7. The Balaban J connectivity index is 2.20. The van der Waals surface area contributed by atoms with Gasteiger partial charge in [0.25, 0.3) is 0 Å². The van der Waals surface area contributed by atoms with Gasteiger partial charge in [0, 0.05) is 5.41 Å². The van der Waals surface area contributed by atoms with Gasteiger partial charge in [-0.15, -0.1) is 0 Å². The minimum atomic E-state index is 0.235. The number of imidazole rings is 1. The van der Waals surface area contributed by atoms with Gasteiger partial charge >= 0.3 is 0 Å². The monoisotopic (exact) mass is 279 g/mol. The van der Waals surface area contributed by atoms with Crippen LogP contribution in [0.5, 0.6) is 0 Å². The molecule has 116 valence electrons. The zero-order chi connectivity index (χ0) is 15.0. The summed E-state index contributed by atoms with van der Waals surface area (Å²) < 4.78 is 4.63. The fourth-order valence-corrected chi connectivity index (χ4v) is 2.84. The normalized spacial score (nSPS) is 12.1. The van der Waals surface area contributed by atoms with Crippen molar-refractivity contribution in [1.29, 1.82) is 0 Å². The SMILES string of the molecule is CCCCCCCCCCn1cc(C(C)(C)C)[n+](C)c1. The van der Waals surface area contributed by atoms with Crippen molar-refractivity contribution < 1.29 is 4.57 Å². The number of nitrogens with zero attached hydrogens (tertiary/aromatic N) is 2. The highest BCUT2D eigenvalue weighted by Crippen LogP contribution is 2.18. The Hall–Kier alpha value is -0.790. The summed E-state index contributed by atoms with van der Waals surface area (Å²) in [5.74, 6) is 0. The Morgan fingerprint density at radius 2 is 1.50 bits per heavy atom. The number of hydrogen-bond acceptors (Lipinski definition) is 0. The molecule has 0 saturated carbocycles. The van der Waals surface area contributed by atoms with Crippen molar-refractivity contribution in [2.24, 2.45) is 7.05 Å². The minimum Gasteiger partial charge on any atom is -0.237 e. The topological polar surface area (TPSA) is 8.81 Å². The predicted molar refractivity (Wildman–Crippen MR) is 86.9 cm³/mol. The van der Waals surface area contributed by atoms with E-state index in [4.69, 9.17) is 0 Å². The first-order chi connectivity index (χ1) is 9.45. The van der Waals surface area contributed by atoms with Gasteiger partial charge in [-0.2, -0.15) is 0 Å². The van der Waals surface area contributed by atoms with Gasteiger partial charge in [-0.3, -0.25) is 0 Å². The molecule has 0 N–H and O–H groups in total. The molecule has 0 spiro atoms. The van der Waals surface area contributed by atoms with Crippen molar-refractivity contribution >= 4 is 0 Å². The predicted octanol–water partition coefficient (Wildman–Crippen LogP) is 4.75. The molecule has 0 aliphatic carbocycles. The molecular formula is C18H35N2+. The molecule has 1 heterocycles. The lowest BCUT2D eigenvalue weighted by Gasteiger charge is -2.13. The van der Waals surface area contributed by atoms with Crippen LogP contribution >= 0.6 is 0 Å². The third-order valence-electron chi connectivity index (χ3n) is 4.03. The van der Waals surface area contributed by atoms with Crippen LogP contribution in [-0.4, -0.2) is 4.57 Å². The smallest absolute Gasteiger partial charge is 0.237 e. The number of aryl methyl sites for hydroxylation is 2. The minimum absolute atomic E-state index is 0.235. The summed E-state index contributed by atoms with van der Waals surface area (Å²) in [5.41, 5.74) is 1.65. The van der Waals surface area contributed by atoms with E-state index in [1.165, 1.54) is 63.6 Å². The largest absolute Gasteiger partial charge is 0.243 e. The number of hydrogen-bond donors (Lipinski definition) is 0. The summed E-state index contributed by atoms with van der Waals surface area (Å²) in [6.07, 6.45) is 15.7. The van der Waals surface area contributed by atoms with Crippen LogP contribution < -0.4 is 4.57 Å². The lowest BCUT2D eigenvalue weighted by atomic mass is 9.93. The second-order valence-electron chi connectivity index (χ2n) is 7.20. The highest BCUT2D eigenvalue weighted by Gasteiger charge is 2.23. The molecule has 0 saturated heterocycles. The Morgan fingerprint density at radius 3 is 2.00 bits per heavy atom. The van der Waals surface area contributed by atoms with Gasteiger partial charge < -0.3 is 0 Å². The second-order valence-corrected chi connectivity index (χ2v) is 7.20. The van der Waals surface area contributed by atoms with Crippen molar-refractivity contribution in [1.82, 2.24) is 4.57 Å². The molecule has 0 amide bonds. The summed E-state index contributed by atoms with van der Waals surface area (Å²) >= 11 is 0. The molecule has 1 aromatic rings. The van der Waals surface area contributed by atoms with Crippen LogP contribution in [0.15, 0.2) is 12.5 Å². The van der Waals surface area contributed by atoms with E-state index < -0.39 is 0 Å². The molecule has 1 aromatic heterocycles. The van der Waals surface area contributed by atoms with Crippen LogP contribution in [-0.2, 0) is 19.0 Å². The van der Waals surface area contributed by atoms with E-state index in [1.54, 1.807) is 0 Å². The molecule has 0 bridgehead atoms. The van der Waals surface area contributed by atoms with E-state index in [0.29, 0.717) is 0 Å². The maximum absolute atomic E-state index is 2.36. The Morgan fingerprint density at radius 1 is 0.950 bits per heavy atom. The van der Waals surface area contributed by atoms with Crippen molar-refractivity contribution in [3.8, 4) is 0 Å². The third kappa shape index (κ3) is 6.11. The first kappa shape index (κ1) is 17.3. The van der Waals surface area contributed by atoms with E-state index in [0.717, 1.165) is 0 Å². The van der Waals surface area contributed by atoms with Gasteiger partial charge in [-0.25, -0.2) is 9.13 Å². The molecular weight excluding hydrogens is 244 g/mol. The Kier molecular flexibility index (Phi) is 7.32. The highest BCUT2D eigenvalue weighted by molar-refractivity contribution is 5.02. The molecule has 20 heavy (non-hydrogen) atoms. The molecule has 0 radical (unpaired) electrons. The fourth-order valence-electron chi connectivity index (χ4n) is 2.84. The second kappa shape index (κ2) is 8.49. The molecule has 0 fully saturated rings. The third-order valence-corrected chi connectivity index (χ3v) is 4.03. The Labute approximate surface area is 126 Å². The number of rotatable bonds is 9. The lowest BCUT2D eigenvalue weighted by molar-refractivity contribution is -0.681. The first-order valence-electron chi connectivity index (χ1n) is 8.51. The van der Waals surface area contributed by atoms with E-state index in [1.807, 2.05) is 0 Å². The average molecular weight is 279 g/mol. The highest BCUT2D eigenvalue weighted by atomic mass is 15.1. The standard InChI is InChI=1S/C18H35N2/c1-6-7-8-9-10-11-12-13-14-20-15-17(18(2,3)4)19(5)16-20/h15-16H,6-14H2,1-5H3/q+1. The molecule has 0 atom stereocenters. The molecule has 0 aliphatic heterocycles. The molecule has 2 heteroatoms. The van der Waals surface area contributed by atoms with Gasteiger partial charge in [0.15, 0.2) is 0 Å². The molecule has 2 nitrogen and oxygen atoms in total. The summed E-state index contributed by atoms with van der Waals surface area (Å²) in [5, 5.41) is 0. The zero-order valence-corrected chi connectivity index (χ0v) is 14.4. The van der Waals surface area contributed by atoms with Crippen LogP contribution in [0.1, 0.15) is 84.8 Å². The van der Waals surface area contributed by atoms with E-state index >= 15 is 0 Å². The van der Waals surface area contributed by atoms with Gasteiger partial charge in [0.1, 0.15) is 11.9 Å². The van der Waals surface area contributed by atoms with Crippen LogP contribution in [0.25, 0.3) is 0 Å². The number of aromatic nitrogens is 2. The molecule has 1 rings (SSSR count). The first-order valence-corrected chi connectivity index (χ1v) is 8.51. The Bertz CT molecular complexity index is 371. The van der Waals surface area contributed by atoms with Crippen molar-refractivity contribution in [3.63, 3.8) is 0 Å². The van der Waals surface area contributed by atoms with Crippen molar-refractivity contribution in [2.45, 2.75) is 91.0 Å². The van der Waals surface area contributed by atoms with E-state index in [-0.39, 0.29) is 5.41 Å².